The highest BCUT2D eigenvalue weighted by Gasteiger charge is 2.37. The fourth-order valence-corrected chi connectivity index (χ4v) is 2.75. The summed E-state index contributed by atoms with van der Waals surface area (Å²) in [5.41, 5.74) is 1.08. The van der Waals surface area contributed by atoms with E-state index in [0.29, 0.717) is 5.92 Å². The number of hydrogen-bond donors (Lipinski definition) is 2. The molecule has 16 heavy (non-hydrogen) atoms. The lowest BCUT2D eigenvalue weighted by atomic mass is 9.82. The number of fused-ring (bicyclic) bond motifs is 1. The first-order valence-corrected chi connectivity index (χ1v) is 5.83. The van der Waals surface area contributed by atoms with Crippen LogP contribution in [0.15, 0.2) is 18.3 Å². The average molecular weight is 217 g/mol. The van der Waals surface area contributed by atoms with Crippen molar-refractivity contribution in [2.75, 3.05) is 18.4 Å². The number of amides is 1. The molecule has 2 aliphatic heterocycles. The standard InChI is InChI=1S/C12H15N3O/c16-12-10(8-3-6-13-7-4-8)9-2-1-5-14-11(9)15-12/h1-2,5,8,10,13H,3-4,6-7H2,(H,14,15,16). The molecule has 1 atom stereocenters. The van der Waals surface area contributed by atoms with Crippen molar-refractivity contribution in [2.24, 2.45) is 5.92 Å². The molecule has 3 heterocycles. The van der Waals surface area contributed by atoms with E-state index in [-0.39, 0.29) is 11.8 Å². The van der Waals surface area contributed by atoms with Crippen LogP contribution >= 0.6 is 0 Å². The van der Waals surface area contributed by atoms with Gasteiger partial charge in [0.2, 0.25) is 5.91 Å². The molecule has 4 nitrogen and oxygen atoms in total. The normalized spacial score (nSPS) is 25.2. The number of hydrogen-bond acceptors (Lipinski definition) is 3. The number of anilines is 1. The second-order valence-corrected chi connectivity index (χ2v) is 4.50. The van der Waals surface area contributed by atoms with E-state index < -0.39 is 0 Å². The minimum Gasteiger partial charge on any atom is -0.317 e. The summed E-state index contributed by atoms with van der Waals surface area (Å²) in [7, 11) is 0. The van der Waals surface area contributed by atoms with E-state index in [1.807, 2.05) is 12.1 Å². The van der Waals surface area contributed by atoms with Gasteiger partial charge in [0.1, 0.15) is 5.82 Å². The number of carbonyl (C=O) groups excluding carboxylic acids is 1. The van der Waals surface area contributed by atoms with Crippen molar-refractivity contribution in [1.29, 1.82) is 0 Å². The SMILES string of the molecule is O=C1Nc2ncccc2C1C1CCNCC1. The Kier molecular flexibility index (Phi) is 2.36. The predicted molar refractivity (Wildman–Crippen MR) is 61.2 cm³/mol. The van der Waals surface area contributed by atoms with Gasteiger partial charge in [0.25, 0.3) is 0 Å². The summed E-state index contributed by atoms with van der Waals surface area (Å²) in [5.74, 6) is 1.37. The smallest absolute Gasteiger partial charge is 0.233 e. The third-order valence-electron chi connectivity index (χ3n) is 3.55. The molecule has 0 saturated carbocycles. The summed E-state index contributed by atoms with van der Waals surface area (Å²) in [4.78, 5) is 16.2. The lowest BCUT2D eigenvalue weighted by molar-refractivity contribution is -0.118. The van der Waals surface area contributed by atoms with Gasteiger partial charge in [0.05, 0.1) is 5.92 Å². The molecule has 3 rings (SSSR count). The Morgan fingerprint density at radius 3 is 2.94 bits per heavy atom. The average Bonchev–Trinajstić information content (AvgIpc) is 2.66. The fourth-order valence-electron chi connectivity index (χ4n) is 2.75. The highest BCUT2D eigenvalue weighted by Crippen LogP contribution is 2.39. The molecule has 1 aromatic heterocycles. The molecule has 1 saturated heterocycles. The maximum absolute atomic E-state index is 12.0. The molecule has 0 bridgehead atoms. The molecule has 1 aromatic rings. The lowest BCUT2D eigenvalue weighted by Gasteiger charge is -2.26. The first-order chi connectivity index (χ1) is 7.86. The van der Waals surface area contributed by atoms with Crippen molar-refractivity contribution in [3.63, 3.8) is 0 Å². The van der Waals surface area contributed by atoms with Crippen LogP contribution in [0.2, 0.25) is 0 Å². The van der Waals surface area contributed by atoms with Crippen molar-refractivity contribution < 1.29 is 4.79 Å². The summed E-state index contributed by atoms with van der Waals surface area (Å²) in [6, 6.07) is 3.93. The molecular weight excluding hydrogens is 202 g/mol. The van der Waals surface area contributed by atoms with Crippen molar-refractivity contribution in [3.05, 3.63) is 23.9 Å². The zero-order valence-electron chi connectivity index (χ0n) is 9.07. The minimum absolute atomic E-state index is 0.0193. The van der Waals surface area contributed by atoms with Crippen LogP contribution in [-0.2, 0) is 4.79 Å². The Balaban J connectivity index is 1.92. The number of piperidine rings is 1. The first-order valence-electron chi connectivity index (χ1n) is 5.83. The first kappa shape index (κ1) is 9.78. The zero-order valence-corrected chi connectivity index (χ0v) is 9.07. The summed E-state index contributed by atoms with van der Waals surface area (Å²) >= 11 is 0. The van der Waals surface area contributed by atoms with E-state index in [1.165, 1.54) is 0 Å². The zero-order chi connectivity index (χ0) is 11.0. The Bertz CT molecular complexity index is 412. The Morgan fingerprint density at radius 2 is 2.12 bits per heavy atom. The van der Waals surface area contributed by atoms with E-state index in [4.69, 9.17) is 0 Å². The van der Waals surface area contributed by atoms with Gasteiger partial charge in [0, 0.05) is 11.8 Å². The quantitative estimate of drug-likeness (QED) is 0.741. The van der Waals surface area contributed by atoms with Crippen LogP contribution in [0.5, 0.6) is 0 Å². The van der Waals surface area contributed by atoms with Gasteiger partial charge in [-0.15, -0.1) is 0 Å². The van der Waals surface area contributed by atoms with Gasteiger partial charge in [-0.2, -0.15) is 0 Å². The molecule has 0 spiro atoms. The third kappa shape index (κ3) is 1.50. The molecule has 0 aliphatic carbocycles. The van der Waals surface area contributed by atoms with Crippen LogP contribution in [0.1, 0.15) is 24.3 Å². The Hall–Kier alpha value is -1.42. The minimum atomic E-state index is 0.0193. The van der Waals surface area contributed by atoms with Gasteiger partial charge in [-0.3, -0.25) is 4.79 Å². The van der Waals surface area contributed by atoms with Crippen LogP contribution in [0.4, 0.5) is 5.82 Å². The number of nitrogens with zero attached hydrogens (tertiary/aromatic N) is 1. The van der Waals surface area contributed by atoms with Crippen LogP contribution in [0.25, 0.3) is 0 Å². The molecular formula is C12H15N3O. The van der Waals surface area contributed by atoms with Crippen LogP contribution in [-0.4, -0.2) is 24.0 Å². The van der Waals surface area contributed by atoms with Gasteiger partial charge in [-0.25, -0.2) is 4.98 Å². The largest absolute Gasteiger partial charge is 0.317 e. The summed E-state index contributed by atoms with van der Waals surface area (Å²) in [6.45, 7) is 2.04. The molecule has 2 aliphatic rings. The van der Waals surface area contributed by atoms with E-state index in [0.717, 1.165) is 37.3 Å². The van der Waals surface area contributed by atoms with Crippen LogP contribution < -0.4 is 10.6 Å². The fraction of sp³-hybridized carbons (Fsp3) is 0.500. The molecule has 1 unspecified atom stereocenters. The number of rotatable bonds is 1. The highest BCUT2D eigenvalue weighted by molar-refractivity contribution is 6.01. The van der Waals surface area contributed by atoms with Gasteiger partial charge >= 0.3 is 0 Å². The maximum atomic E-state index is 12.0. The summed E-state index contributed by atoms with van der Waals surface area (Å²) < 4.78 is 0. The van der Waals surface area contributed by atoms with Crippen molar-refractivity contribution in [3.8, 4) is 0 Å². The second-order valence-electron chi connectivity index (χ2n) is 4.50. The van der Waals surface area contributed by atoms with Gasteiger partial charge in [-0.05, 0) is 37.9 Å². The van der Waals surface area contributed by atoms with Gasteiger partial charge in [-0.1, -0.05) is 6.07 Å². The molecule has 1 amide bonds. The predicted octanol–water partition coefficient (Wildman–Crippen LogP) is 1.12. The van der Waals surface area contributed by atoms with Crippen molar-refractivity contribution in [2.45, 2.75) is 18.8 Å². The van der Waals surface area contributed by atoms with E-state index in [9.17, 15) is 4.79 Å². The van der Waals surface area contributed by atoms with Crippen LogP contribution in [0, 0.1) is 5.92 Å². The Labute approximate surface area is 94.5 Å². The number of nitrogens with one attached hydrogen (secondary N) is 2. The number of pyridine rings is 1. The molecule has 1 fully saturated rings. The van der Waals surface area contributed by atoms with Crippen molar-refractivity contribution in [1.82, 2.24) is 10.3 Å². The number of carbonyl (C=O) groups is 1. The van der Waals surface area contributed by atoms with E-state index in [1.54, 1.807) is 6.20 Å². The number of aromatic nitrogens is 1. The maximum Gasteiger partial charge on any atom is 0.233 e. The molecule has 2 N–H and O–H groups in total. The van der Waals surface area contributed by atoms with E-state index in [2.05, 4.69) is 15.6 Å². The molecule has 84 valence electrons. The second kappa shape index (κ2) is 3.87. The molecule has 0 radical (unpaired) electrons. The monoisotopic (exact) mass is 217 g/mol. The summed E-state index contributed by atoms with van der Waals surface area (Å²) in [6.07, 6.45) is 3.88. The molecule has 0 aromatic carbocycles. The van der Waals surface area contributed by atoms with Crippen molar-refractivity contribution >= 4 is 11.7 Å². The lowest BCUT2D eigenvalue weighted by Crippen LogP contribution is -2.33. The van der Waals surface area contributed by atoms with Gasteiger partial charge in [0.15, 0.2) is 0 Å². The van der Waals surface area contributed by atoms with E-state index >= 15 is 0 Å². The van der Waals surface area contributed by atoms with Gasteiger partial charge < -0.3 is 10.6 Å². The molecule has 4 heteroatoms. The third-order valence-corrected chi connectivity index (χ3v) is 3.55. The Morgan fingerprint density at radius 1 is 1.31 bits per heavy atom. The summed E-state index contributed by atoms with van der Waals surface area (Å²) in [5, 5.41) is 6.20. The topological polar surface area (TPSA) is 54.0 Å². The van der Waals surface area contributed by atoms with Crippen LogP contribution in [0.3, 0.4) is 0 Å². The highest BCUT2D eigenvalue weighted by atomic mass is 16.2.